The van der Waals surface area contributed by atoms with Crippen LogP contribution >= 0.6 is 0 Å². The minimum Gasteiger partial charge on any atom is -0.0995 e. The van der Waals surface area contributed by atoms with Crippen molar-refractivity contribution >= 4 is 0 Å². The third-order valence-corrected chi connectivity index (χ3v) is 4.50. The lowest BCUT2D eigenvalue weighted by Crippen LogP contribution is -2.34. The van der Waals surface area contributed by atoms with Crippen LogP contribution in [0.4, 0.5) is 0 Å². The van der Waals surface area contributed by atoms with E-state index in [2.05, 4.69) is 45.6 Å². The second kappa shape index (κ2) is 3.66. The maximum absolute atomic E-state index is 4.10. The summed E-state index contributed by atoms with van der Waals surface area (Å²) in [6, 6.07) is 0. The van der Waals surface area contributed by atoms with Crippen molar-refractivity contribution in [2.24, 2.45) is 17.3 Å². The summed E-state index contributed by atoms with van der Waals surface area (Å²) in [5.41, 5.74) is 3.28. The zero-order valence-corrected chi connectivity index (χ0v) is 10.2. The van der Waals surface area contributed by atoms with Crippen LogP contribution in [0.5, 0.6) is 0 Å². The van der Waals surface area contributed by atoms with E-state index in [1.54, 1.807) is 5.57 Å². The van der Waals surface area contributed by atoms with Crippen LogP contribution in [-0.2, 0) is 0 Å². The molecule has 0 saturated heterocycles. The highest BCUT2D eigenvalue weighted by atomic mass is 14.4. The van der Waals surface area contributed by atoms with E-state index >= 15 is 0 Å². The molecule has 0 saturated carbocycles. The Morgan fingerprint density at radius 3 is 2.93 bits per heavy atom. The van der Waals surface area contributed by atoms with E-state index in [9.17, 15) is 0 Å². The highest BCUT2D eigenvalue weighted by Gasteiger charge is 2.39. The third kappa shape index (κ3) is 1.71. The summed E-state index contributed by atoms with van der Waals surface area (Å²) >= 11 is 0. The number of rotatable bonds is 1. The Hall–Kier alpha value is -0.780. The molecule has 0 bridgehead atoms. The van der Waals surface area contributed by atoms with Crippen molar-refractivity contribution in [3.63, 3.8) is 0 Å². The van der Waals surface area contributed by atoms with Crippen molar-refractivity contribution in [1.82, 2.24) is 0 Å². The standard InChI is InChI=1S/C15H22/c1-11(2)13-8-9-14-7-5-6-12(3)15(14,4)10-13/h7-9,12-13H,1,5-6,10H2,2-4H3/t12-,13-,15+/m1/s1. The fraction of sp³-hybridized carbons (Fsp3) is 0.600. The highest BCUT2D eigenvalue weighted by Crippen LogP contribution is 2.50. The summed E-state index contributed by atoms with van der Waals surface area (Å²) in [7, 11) is 0. The van der Waals surface area contributed by atoms with Gasteiger partial charge in [0.2, 0.25) is 0 Å². The molecule has 0 heteroatoms. The molecule has 0 N–H and O–H groups in total. The second-order valence-electron chi connectivity index (χ2n) is 5.57. The average molecular weight is 202 g/mol. The van der Waals surface area contributed by atoms with E-state index in [4.69, 9.17) is 0 Å². The van der Waals surface area contributed by atoms with Gasteiger partial charge >= 0.3 is 0 Å². The molecule has 0 radical (unpaired) electrons. The van der Waals surface area contributed by atoms with Gasteiger partial charge in [-0.1, -0.05) is 44.2 Å². The summed E-state index contributed by atoms with van der Waals surface area (Å²) in [6.07, 6.45) is 11.0. The van der Waals surface area contributed by atoms with Gasteiger partial charge in [-0.3, -0.25) is 0 Å². The molecule has 3 atom stereocenters. The summed E-state index contributed by atoms with van der Waals surface area (Å²) in [5, 5.41) is 0. The Bertz CT molecular complexity index is 332. The molecule has 0 spiro atoms. The van der Waals surface area contributed by atoms with Gasteiger partial charge in [-0.15, -0.1) is 0 Å². The summed E-state index contributed by atoms with van der Waals surface area (Å²) in [4.78, 5) is 0. The van der Waals surface area contributed by atoms with Crippen LogP contribution in [0.2, 0.25) is 0 Å². The topological polar surface area (TPSA) is 0 Å². The molecular formula is C15H22. The lowest BCUT2D eigenvalue weighted by atomic mass is 9.60. The molecule has 2 aliphatic carbocycles. The van der Waals surface area contributed by atoms with Crippen molar-refractivity contribution in [3.8, 4) is 0 Å². The summed E-state index contributed by atoms with van der Waals surface area (Å²) in [6.45, 7) is 11.1. The minimum atomic E-state index is 0.399. The summed E-state index contributed by atoms with van der Waals surface area (Å²) < 4.78 is 0. The zero-order chi connectivity index (χ0) is 11.1. The fourth-order valence-electron chi connectivity index (χ4n) is 2.99. The Balaban J connectivity index is 2.34. The zero-order valence-electron chi connectivity index (χ0n) is 10.2. The van der Waals surface area contributed by atoms with Crippen LogP contribution in [0.3, 0.4) is 0 Å². The van der Waals surface area contributed by atoms with Gasteiger partial charge in [0.05, 0.1) is 0 Å². The summed E-state index contributed by atoms with van der Waals surface area (Å²) in [5.74, 6) is 1.40. The van der Waals surface area contributed by atoms with Gasteiger partial charge < -0.3 is 0 Å². The van der Waals surface area contributed by atoms with Crippen molar-refractivity contribution < 1.29 is 0 Å². The van der Waals surface area contributed by atoms with Crippen LogP contribution < -0.4 is 0 Å². The largest absolute Gasteiger partial charge is 0.0995 e. The first kappa shape index (κ1) is 10.7. The lowest BCUT2D eigenvalue weighted by molar-refractivity contribution is 0.195. The number of hydrogen-bond donors (Lipinski definition) is 0. The maximum Gasteiger partial charge on any atom is -0.00170 e. The highest BCUT2D eigenvalue weighted by molar-refractivity contribution is 5.35. The van der Waals surface area contributed by atoms with Crippen molar-refractivity contribution in [3.05, 3.63) is 36.0 Å². The fourth-order valence-corrected chi connectivity index (χ4v) is 2.99. The van der Waals surface area contributed by atoms with Crippen LogP contribution in [0.1, 0.15) is 40.0 Å². The van der Waals surface area contributed by atoms with Crippen LogP contribution in [0, 0.1) is 17.3 Å². The lowest BCUT2D eigenvalue weighted by Gasteiger charge is -2.44. The normalized spacial score (nSPS) is 39.5. The molecule has 2 rings (SSSR count). The third-order valence-electron chi connectivity index (χ3n) is 4.50. The molecule has 82 valence electrons. The van der Waals surface area contributed by atoms with Gasteiger partial charge in [-0.05, 0) is 49.0 Å². The molecule has 0 aromatic rings. The predicted octanol–water partition coefficient (Wildman–Crippen LogP) is 4.50. The molecule has 0 aromatic carbocycles. The van der Waals surface area contributed by atoms with Crippen molar-refractivity contribution in [2.75, 3.05) is 0 Å². The van der Waals surface area contributed by atoms with E-state index in [-0.39, 0.29) is 0 Å². The molecule has 0 nitrogen and oxygen atoms in total. The Labute approximate surface area is 93.8 Å². The number of hydrogen-bond acceptors (Lipinski definition) is 0. The van der Waals surface area contributed by atoms with Gasteiger partial charge in [0.1, 0.15) is 0 Å². The van der Waals surface area contributed by atoms with Crippen molar-refractivity contribution in [2.45, 2.75) is 40.0 Å². The van der Waals surface area contributed by atoms with E-state index < -0.39 is 0 Å². The Morgan fingerprint density at radius 1 is 1.53 bits per heavy atom. The van der Waals surface area contributed by atoms with Gasteiger partial charge in [-0.25, -0.2) is 0 Å². The number of fused-ring (bicyclic) bond motifs is 1. The molecule has 0 amide bonds. The molecule has 0 aliphatic heterocycles. The van der Waals surface area contributed by atoms with E-state index in [1.807, 2.05) is 0 Å². The van der Waals surface area contributed by atoms with Crippen LogP contribution in [0.15, 0.2) is 36.0 Å². The predicted molar refractivity (Wildman–Crippen MR) is 66.6 cm³/mol. The smallest absolute Gasteiger partial charge is 0.00170 e. The van der Waals surface area contributed by atoms with Crippen molar-refractivity contribution in [1.29, 1.82) is 0 Å². The first-order chi connectivity index (χ1) is 7.04. The first-order valence-electron chi connectivity index (χ1n) is 6.08. The average Bonchev–Trinajstić information content (AvgIpc) is 2.19. The maximum atomic E-state index is 4.10. The molecule has 0 fully saturated rings. The molecule has 0 unspecified atom stereocenters. The van der Waals surface area contributed by atoms with Crippen LogP contribution in [-0.4, -0.2) is 0 Å². The monoisotopic (exact) mass is 202 g/mol. The second-order valence-corrected chi connectivity index (χ2v) is 5.57. The Morgan fingerprint density at radius 2 is 2.27 bits per heavy atom. The van der Waals surface area contributed by atoms with Crippen LogP contribution in [0.25, 0.3) is 0 Å². The van der Waals surface area contributed by atoms with Gasteiger partial charge in [0.15, 0.2) is 0 Å². The molecular weight excluding hydrogens is 180 g/mol. The molecule has 2 aliphatic rings. The van der Waals surface area contributed by atoms with E-state index in [1.165, 1.54) is 24.8 Å². The molecule has 0 heterocycles. The minimum absolute atomic E-state index is 0.399. The number of allylic oxidation sites excluding steroid dienone is 5. The van der Waals surface area contributed by atoms with Gasteiger partial charge in [0, 0.05) is 0 Å². The van der Waals surface area contributed by atoms with E-state index in [0.29, 0.717) is 11.3 Å². The first-order valence-corrected chi connectivity index (χ1v) is 6.08. The van der Waals surface area contributed by atoms with E-state index in [0.717, 1.165) is 5.92 Å². The van der Waals surface area contributed by atoms with Gasteiger partial charge in [0.25, 0.3) is 0 Å². The quantitative estimate of drug-likeness (QED) is 0.549. The molecule has 0 aromatic heterocycles. The van der Waals surface area contributed by atoms with Gasteiger partial charge in [-0.2, -0.15) is 0 Å². The SMILES string of the molecule is C=C(C)[C@@H]1C=CC2=CCC[C@@H](C)[C@]2(C)C1. The Kier molecular flexibility index (Phi) is 2.62. The molecule has 15 heavy (non-hydrogen) atoms.